The minimum atomic E-state index is -0.0219. The van der Waals surface area contributed by atoms with Crippen LogP contribution in [0.15, 0.2) is 117 Å². The summed E-state index contributed by atoms with van der Waals surface area (Å²) in [6.07, 6.45) is 7.93. The van der Waals surface area contributed by atoms with Crippen LogP contribution in [0.3, 0.4) is 0 Å². The summed E-state index contributed by atoms with van der Waals surface area (Å²) < 4.78 is 0. The summed E-state index contributed by atoms with van der Waals surface area (Å²) in [5.74, 6) is -0.0877. The molecular formula is C34H32CdN10Ni2O4. The molecule has 0 atom stereocenters. The van der Waals surface area contributed by atoms with E-state index in [1.807, 2.05) is 24.3 Å². The number of para-hydroxylation sites is 4. The third-order valence-electron chi connectivity index (χ3n) is 5.75. The number of aliphatic imine (C=N–C) groups is 4. The number of hydrogen-bond acceptors (Lipinski definition) is 8. The van der Waals surface area contributed by atoms with Gasteiger partial charge in [0.2, 0.25) is 0 Å². The van der Waals surface area contributed by atoms with E-state index in [-0.39, 0.29) is 83.3 Å². The second-order valence-electron chi connectivity index (χ2n) is 9.18. The molecule has 4 aromatic carbocycles. The largest absolute Gasteiger partial charge is 2.00 e. The maximum absolute atomic E-state index is 11.4. The molecule has 0 radical (unpaired) electrons. The molecule has 4 rings (SSSR count). The van der Waals surface area contributed by atoms with Gasteiger partial charge in [-0.3, -0.25) is 29.8 Å². The van der Waals surface area contributed by atoms with Crippen molar-refractivity contribution in [2.75, 3.05) is 26.2 Å². The van der Waals surface area contributed by atoms with Gasteiger partial charge in [-0.15, -0.1) is 23.0 Å². The van der Waals surface area contributed by atoms with E-state index in [0.717, 1.165) is 12.8 Å². The van der Waals surface area contributed by atoms with Gasteiger partial charge in [-0.1, -0.05) is 97.1 Å². The van der Waals surface area contributed by atoms with E-state index in [1.165, 1.54) is 34.1 Å². The molecule has 51 heavy (non-hydrogen) atoms. The van der Waals surface area contributed by atoms with Crippen LogP contribution in [-0.4, -0.2) is 51.0 Å². The maximum atomic E-state index is 11.4. The van der Waals surface area contributed by atoms with E-state index in [1.54, 1.807) is 73.4 Å². The molecule has 0 aromatic heterocycles. The molecule has 264 valence electrons. The van der Waals surface area contributed by atoms with Crippen molar-refractivity contribution >= 4 is 24.9 Å². The summed E-state index contributed by atoms with van der Waals surface area (Å²) >= 11 is 0. The fourth-order valence-corrected chi connectivity index (χ4v) is 3.51. The molecule has 0 aliphatic carbocycles. The predicted molar refractivity (Wildman–Crippen MR) is 183 cm³/mol. The fourth-order valence-electron chi connectivity index (χ4n) is 3.51. The first kappa shape index (κ1) is 50.7. The van der Waals surface area contributed by atoms with Crippen molar-refractivity contribution in [1.82, 2.24) is 0 Å². The summed E-state index contributed by atoms with van der Waals surface area (Å²) in [6, 6.07) is 27.2. The third kappa shape index (κ3) is 24.1. The van der Waals surface area contributed by atoms with Gasteiger partial charge in [-0.2, -0.15) is 0 Å². The molecule has 0 aliphatic heterocycles. The second-order valence-corrected chi connectivity index (χ2v) is 9.18. The van der Waals surface area contributed by atoms with Crippen molar-refractivity contribution in [3.05, 3.63) is 151 Å². The molecule has 0 amide bonds. The van der Waals surface area contributed by atoms with Crippen LogP contribution in [0.1, 0.15) is 35.1 Å². The van der Waals surface area contributed by atoms with E-state index in [0.29, 0.717) is 48.4 Å². The Balaban J connectivity index is -0.000000744. The van der Waals surface area contributed by atoms with Crippen LogP contribution in [0.2, 0.25) is 0 Å². The molecule has 0 aliphatic rings. The van der Waals surface area contributed by atoms with Gasteiger partial charge < -0.3 is 42.6 Å². The molecule has 0 bridgehead atoms. The van der Waals surface area contributed by atoms with Crippen molar-refractivity contribution in [3.63, 3.8) is 0 Å². The van der Waals surface area contributed by atoms with E-state index < -0.39 is 0 Å². The van der Waals surface area contributed by atoms with Crippen molar-refractivity contribution < 1.29 is 80.7 Å². The van der Waals surface area contributed by atoms with Crippen LogP contribution in [-0.2, 0) is 60.3 Å². The Morgan fingerprint density at radius 1 is 0.412 bits per heavy atom. The van der Waals surface area contributed by atoms with Crippen molar-refractivity contribution in [1.29, 1.82) is 0 Å². The van der Waals surface area contributed by atoms with E-state index >= 15 is 0 Å². The van der Waals surface area contributed by atoms with Gasteiger partial charge in [-0.05, 0) is 35.1 Å². The van der Waals surface area contributed by atoms with Gasteiger partial charge in [0.05, 0.1) is 0 Å². The Morgan fingerprint density at radius 2 is 0.588 bits per heavy atom. The average Bonchev–Trinajstić information content (AvgIpc) is 3.08. The molecule has 4 aromatic rings. The topological polar surface area (TPSA) is 259 Å². The molecule has 0 N–H and O–H groups in total. The average molecular weight is 874 g/mol. The smallest absolute Gasteiger partial charge is 0.872 e. The van der Waals surface area contributed by atoms with Crippen LogP contribution < -0.4 is 20.4 Å². The van der Waals surface area contributed by atoms with E-state index in [4.69, 9.17) is 22.1 Å². The number of nitrogens with zero attached hydrogens (tertiary/aromatic N) is 10. The Hall–Kier alpha value is -4.71. The summed E-state index contributed by atoms with van der Waals surface area (Å²) in [5, 5.41) is 45.7. The third-order valence-corrected chi connectivity index (χ3v) is 5.75. The van der Waals surface area contributed by atoms with E-state index in [9.17, 15) is 20.4 Å². The molecule has 0 saturated carbocycles. The first-order valence-corrected chi connectivity index (χ1v) is 14.4. The first-order valence-electron chi connectivity index (χ1n) is 14.4. The molecular weight excluding hydrogens is 842 g/mol. The number of hydrogen-bond donors (Lipinski definition) is 0. The van der Waals surface area contributed by atoms with Gasteiger partial charge in [0.25, 0.3) is 0 Å². The van der Waals surface area contributed by atoms with Crippen LogP contribution >= 0.6 is 0 Å². The molecule has 0 unspecified atom stereocenters. The first-order chi connectivity index (χ1) is 23.4. The normalized spacial score (nSPS) is 9.73. The summed E-state index contributed by atoms with van der Waals surface area (Å²) in [6.45, 7) is 2.41. The zero-order valence-corrected chi connectivity index (χ0v) is 33.2. The monoisotopic (exact) mass is 874 g/mol. The zero-order valence-electron chi connectivity index (χ0n) is 27.2. The predicted octanol–water partition coefficient (Wildman–Crippen LogP) is 5.25. The number of rotatable bonds is 12. The van der Waals surface area contributed by atoms with Crippen LogP contribution in [0.4, 0.5) is 0 Å². The molecule has 0 heterocycles. The number of benzene rings is 4. The minimum absolute atomic E-state index is 0. The van der Waals surface area contributed by atoms with Crippen LogP contribution in [0.5, 0.6) is 23.0 Å². The maximum Gasteiger partial charge on any atom is 2.00 e. The second kappa shape index (κ2) is 33.8. The van der Waals surface area contributed by atoms with Gasteiger partial charge in [0.15, 0.2) is 0 Å². The Labute approximate surface area is 336 Å². The Morgan fingerprint density at radius 3 is 0.765 bits per heavy atom. The van der Waals surface area contributed by atoms with Crippen molar-refractivity contribution in [2.45, 2.75) is 12.8 Å². The van der Waals surface area contributed by atoms with Crippen LogP contribution in [0.25, 0.3) is 31.9 Å². The van der Waals surface area contributed by atoms with E-state index in [2.05, 4.69) is 20.0 Å². The van der Waals surface area contributed by atoms with Gasteiger partial charge in [0.1, 0.15) is 0 Å². The van der Waals surface area contributed by atoms with Gasteiger partial charge in [0, 0.05) is 51.0 Å². The summed E-state index contributed by atoms with van der Waals surface area (Å²) in [5.41, 5.74) is 29.4. The minimum Gasteiger partial charge on any atom is -0.872 e. The molecule has 0 saturated heterocycles. The summed E-state index contributed by atoms with van der Waals surface area (Å²) in [4.78, 5) is 19.8. The SMILES string of the molecule is [Cd+2].[N-]=[N+]=[N-].[N-]=[N+]=[N-].[Ni+2].[Ni+2].[O-]c1ccccc1C=NCCCN=Cc1ccccc1[O-].[O-]c1ccccc1C=NCCCN=Cc1ccccc1[O-]. The van der Waals surface area contributed by atoms with Crippen molar-refractivity contribution in [3.8, 4) is 23.0 Å². The Bertz CT molecular complexity index is 1480. The van der Waals surface area contributed by atoms with Crippen molar-refractivity contribution in [2.24, 2.45) is 20.0 Å². The standard InChI is InChI=1S/2C17H18N2O2.Cd.2N3.2Ni/c2*20-16-8-3-1-6-14(16)12-18-10-5-11-19-13-15-7-2-4-9-17(15)21;;2*1-3-2;;/h2*1-4,6-9,12-13,20-21H,5,10-11H2;;;;;/q;;+2;2*-1;2*+2/p-4. The molecule has 14 nitrogen and oxygen atoms in total. The quantitative estimate of drug-likeness (QED) is 0.0461. The molecule has 0 fully saturated rings. The molecule has 17 heteroatoms. The van der Waals surface area contributed by atoms with Crippen LogP contribution in [0, 0.1) is 0 Å². The fraction of sp³-hybridized carbons (Fsp3) is 0.176. The molecule has 0 spiro atoms. The Kier molecular flexibility index (Phi) is 33.5. The van der Waals surface area contributed by atoms with Gasteiger partial charge >= 0.3 is 60.3 Å². The van der Waals surface area contributed by atoms with Gasteiger partial charge in [-0.25, -0.2) is 0 Å². The summed E-state index contributed by atoms with van der Waals surface area (Å²) in [7, 11) is 0. The zero-order chi connectivity index (χ0) is 35.2.